The van der Waals surface area contributed by atoms with Crippen LogP contribution >= 0.6 is 0 Å². The van der Waals surface area contributed by atoms with Gasteiger partial charge in [0.25, 0.3) is 0 Å². The van der Waals surface area contributed by atoms with E-state index in [4.69, 9.17) is 18.6 Å². The molecule has 0 atom stereocenters. The number of carbonyl (C=O) groups is 1. The second kappa shape index (κ2) is 8.13. The van der Waals surface area contributed by atoms with Crippen LogP contribution in [0.2, 0.25) is 0 Å². The van der Waals surface area contributed by atoms with Crippen molar-refractivity contribution in [2.24, 2.45) is 0 Å². The van der Waals surface area contributed by atoms with E-state index in [0.717, 1.165) is 6.07 Å². The van der Waals surface area contributed by atoms with E-state index in [1.54, 1.807) is 0 Å². The van der Waals surface area contributed by atoms with Crippen molar-refractivity contribution in [1.82, 2.24) is 14.9 Å². The molecule has 1 saturated carbocycles. The molecule has 2 aliphatic heterocycles. The number of sulfonamides is 1. The predicted molar refractivity (Wildman–Crippen MR) is 117 cm³/mol. The van der Waals surface area contributed by atoms with Crippen LogP contribution in [0.5, 0.6) is 17.6 Å². The second-order valence-corrected chi connectivity index (χ2v) is 10.6. The van der Waals surface area contributed by atoms with Crippen LogP contribution in [0.4, 0.5) is 19.4 Å². The fraction of sp³-hybridized carbons (Fsp3) is 0.318. The quantitative estimate of drug-likeness (QED) is 0.498. The van der Waals surface area contributed by atoms with E-state index in [1.165, 1.54) is 35.7 Å². The lowest BCUT2D eigenvalue weighted by molar-refractivity contribution is -0.143. The molecule has 2 aromatic heterocycles. The van der Waals surface area contributed by atoms with Crippen molar-refractivity contribution >= 4 is 21.9 Å². The maximum Gasteiger partial charge on any atom is 0.416 e. The summed E-state index contributed by atoms with van der Waals surface area (Å²) < 4.78 is 77.9. The van der Waals surface area contributed by atoms with Crippen molar-refractivity contribution in [3.05, 3.63) is 59.6 Å². The zero-order valence-corrected chi connectivity index (χ0v) is 19.3. The molecule has 1 aliphatic carbocycles. The van der Waals surface area contributed by atoms with Crippen LogP contribution in [0.15, 0.2) is 41.3 Å². The number of hydrogen-bond acceptors (Lipinski definition) is 9. The Morgan fingerprint density at radius 1 is 1.19 bits per heavy atom. The molecule has 14 heteroatoms. The number of anilines is 1. The van der Waals surface area contributed by atoms with Crippen LogP contribution in [-0.2, 0) is 26.8 Å². The van der Waals surface area contributed by atoms with Crippen molar-refractivity contribution < 1.29 is 40.6 Å². The zero-order valence-electron chi connectivity index (χ0n) is 18.4. The Hall–Kier alpha value is -3.78. The number of aromatic nitrogens is 2. The van der Waals surface area contributed by atoms with Crippen LogP contribution in [0, 0.1) is 11.6 Å². The fourth-order valence-corrected chi connectivity index (χ4v) is 5.49. The summed E-state index contributed by atoms with van der Waals surface area (Å²) >= 11 is 0. The van der Waals surface area contributed by atoms with E-state index in [0.29, 0.717) is 18.4 Å². The number of fused-ring (bicyclic) bond motifs is 2. The number of pyridine rings is 1. The number of rotatable bonds is 7. The smallest absolute Gasteiger partial charge is 0.416 e. The van der Waals surface area contributed by atoms with Crippen LogP contribution in [0.25, 0.3) is 0 Å². The number of carbonyl (C=O) groups excluding carboxylic acids is 1. The minimum atomic E-state index is -3.75. The molecule has 36 heavy (non-hydrogen) atoms. The van der Waals surface area contributed by atoms with Gasteiger partial charge in [-0.2, -0.15) is 4.98 Å². The third-order valence-electron chi connectivity index (χ3n) is 6.26. The van der Waals surface area contributed by atoms with Crippen molar-refractivity contribution in [1.29, 1.82) is 0 Å². The van der Waals surface area contributed by atoms with Crippen LogP contribution < -0.4 is 14.2 Å². The lowest BCUT2D eigenvalue weighted by Crippen LogP contribution is -2.63. The predicted octanol–water partition coefficient (Wildman–Crippen LogP) is 3.28. The van der Waals surface area contributed by atoms with Crippen molar-refractivity contribution in [3.8, 4) is 17.6 Å². The highest BCUT2D eigenvalue weighted by Crippen LogP contribution is 2.47. The Bertz CT molecular complexity index is 1460. The third kappa shape index (κ3) is 3.73. The van der Waals surface area contributed by atoms with Gasteiger partial charge >= 0.3 is 12.2 Å². The average Bonchev–Trinajstić information content (AvgIpc) is 3.55. The molecule has 0 unspecified atom stereocenters. The van der Waals surface area contributed by atoms with Gasteiger partial charge in [0.05, 0.1) is 31.2 Å². The number of ether oxygens (including phenoxy) is 3. The topological polar surface area (TPSA) is 133 Å². The highest BCUT2D eigenvalue weighted by Gasteiger charge is 2.54. The second-order valence-electron chi connectivity index (χ2n) is 8.64. The number of amides is 1. The van der Waals surface area contributed by atoms with Crippen molar-refractivity contribution in [2.45, 2.75) is 30.2 Å². The summed E-state index contributed by atoms with van der Waals surface area (Å²) in [6, 6.07) is 3.70. The lowest BCUT2D eigenvalue weighted by Gasteiger charge is -2.51. The monoisotopic (exact) mass is 520 g/mol. The first-order chi connectivity index (χ1) is 17.3. The minimum absolute atomic E-state index is 0.00510. The van der Waals surface area contributed by atoms with Crippen molar-refractivity contribution in [2.75, 3.05) is 17.9 Å². The molecular formula is C22H18F2N4O7S. The van der Waals surface area contributed by atoms with E-state index >= 15 is 4.39 Å². The molecular weight excluding hydrogens is 502 g/mol. The fourth-order valence-electron chi connectivity index (χ4n) is 4.15. The Morgan fingerprint density at radius 3 is 2.67 bits per heavy atom. The van der Waals surface area contributed by atoms with E-state index in [2.05, 4.69) is 14.7 Å². The van der Waals surface area contributed by atoms with E-state index in [1.807, 2.05) is 0 Å². The molecule has 1 spiro atoms. The van der Waals surface area contributed by atoms with Gasteiger partial charge in [-0.25, -0.2) is 27.0 Å². The standard InChI is InChI=1S/C22H18F2N4O7S/c23-15-7-14-16(8-17(15)34-20-26-5-6-33-20)35-21(29)28(22(14)10-32-11-22)9-12-3-4-25-19(18(12)24)27-36(30,31)13-1-2-13/h3-8,13H,1-2,9-11H2,(H,25,27). The maximum absolute atomic E-state index is 15.2. The highest BCUT2D eigenvalue weighted by atomic mass is 32.2. The molecule has 11 nitrogen and oxygen atoms in total. The summed E-state index contributed by atoms with van der Waals surface area (Å²) in [5.74, 6) is -2.35. The molecule has 188 valence electrons. The number of oxazole rings is 1. The molecule has 0 radical (unpaired) electrons. The van der Waals surface area contributed by atoms with Gasteiger partial charge in [0, 0.05) is 23.4 Å². The number of halogens is 2. The Kier molecular flexibility index (Phi) is 5.12. The molecule has 1 N–H and O–H groups in total. The highest BCUT2D eigenvalue weighted by molar-refractivity contribution is 7.93. The van der Waals surface area contributed by atoms with Gasteiger partial charge < -0.3 is 18.6 Å². The summed E-state index contributed by atoms with van der Waals surface area (Å²) in [5.41, 5.74) is -0.819. The van der Waals surface area contributed by atoms with Gasteiger partial charge in [-0.05, 0) is 25.0 Å². The van der Waals surface area contributed by atoms with Crippen LogP contribution in [0.1, 0.15) is 24.0 Å². The zero-order chi connectivity index (χ0) is 25.1. The van der Waals surface area contributed by atoms with Gasteiger partial charge in [-0.15, -0.1) is 0 Å². The van der Waals surface area contributed by atoms with Crippen LogP contribution in [-0.4, -0.2) is 47.8 Å². The maximum atomic E-state index is 15.2. The molecule has 4 heterocycles. The summed E-state index contributed by atoms with van der Waals surface area (Å²) in [5, 5.41) is -0.571. The van der Waals surface area contributed by atoms with Gasteiger partial charge in [-0.1, -0.05) is 0 Å². The van der Waals surface area contributed by atoms with Gasteiger partial charge in [0.15, 0.2) is 23.2 Å². The number of nitrogens with zero attached hydrogens (tertiary/aromatic N) is 3. The Balaban J connectivity index is 1.32. The molecule has 1 amide bonds. The molecule has 0 bridgehead atoms. The largest absolute Gasteiger partial charge is 0.417 e. The van der Waals surface area contributed by atoms with E-state index in [-0.39, 0.29) is 42.9 Å². The Morgan fingerprint density at radius 2 is 2.00 bits per heavy atom. The van der Waals surface area contributed by atoms with Gasteiger partial charge in [-0.3, -0.25) is 9.62 Å². The summed E-state index contributed by atoms with van der Waals surface area (Å²) in [6.07, 6.45) is 3.80. The first-order valence-electron chi connectivity index (χ1n) is 10.9. The molecule has 6 rings (SSSR count). The van der Waals surface area contributed by atoms with E-state index in [9.17, 15) is 17.6 Å². The minimum Gasteiger partial charge on any atom is -0.417 e. The summed E-state index contributed by atoms with van der Waals surface area (Å²) in [7, 11) is -3.75. The Labute approximate surface area is 203 Å². The number of nitrogens with one attached hydrogen (secondary N) is 1. The average molecular weight is 520 g/mol. The molecule has 3 aromatic rings. The number of hydrogen-bond donors (Lipinski definition) is 1. The molecule has 1 saturated heterocycles. The van der Waals surface area contributed by atoms with E-state index < -0.39 is 44.4 Å². The summed E-state index contributed by atoms with van der Waals surface area (Å²) in [4.78, 5) is 21.8. The van der Waals surface area contributed by atoms with Gasteiger partial charge in [0.2, 0.25) is 10.0 Å². The molecule has 2 fully saturated rings. The van der Waals surface area contributed by atoms with Crippen LogP contribution in [0.3, 0.4) is 0 Å². The first kappa shape index (κ1) is 22.7. The molecule has 3 aliphatic rings. The first-order valence-corrected chi connectivity index (χ1v) is 12.4. The normalized spacial score (nSPS) is 18.4. The van der Waals surface area contributed by atoms with Crippen molar-refractivity contribution in [3.63, 3.8) is 0 Å². The third-order valence-corrected chi connectivity index (χ3v) is 8.09. The number of benzene rings is 1. The summed E-state index contributed by atoms with van der Waals surface area (Å²) in [6.45, 7) is -0.269. The van der Waals surface area contributed by atoms with Gasteiger partial charge in [0.1, 0.15) is 17.6 Å². The SMILES string of the molecule is O=C1Oc2cc(Oc3ncco3)c(F)cc2C2(COC2)N1Cc1ccnc(NS(=O)(=O)C2CC2)c1F. The lowest BCUT2D eigenvalue weighted by atomic mass is 9.84. The molecule has 1 aromatic carbocycles.